The van der Waals surface area contributed by atoms with Gasteiger partial charge in [-0.1, -0.05) is 30.3 Å². The lowest BCUT2D eigenvalue weighted by Crippen LogP contribution is -2.31. The molecule has 0 aliphatic carbocycles. The molecule has 0 spiro atoms. The van der Waals surface area contributed by atoms with Crippen molar-refractivity contribution in [3.05, 3.63) is 65.7 Å². The van der Waals surface area contributed by atoms with Crippen molar-refractivity contribution in [1.29, 1.82) is 0 Å². The third-order valence-electron chi connectivity index (χ3n) is 3.52. The van der Waals surface area contributed by atoms with Crippen LogP contribution in [0.25, 0.3) is 0 Å². The molecule has 2 rings (SSSR count). The minimum Gasteiger partial charge on any atom is -0.486 e. The number of nitrogens with one attached hydrogen (secondary N) is 1. The van der Waals surface area contributed by atoms with Crippen molar-refractivity contribution in [3.8, 4) is 5.75 Å². The van der Waals surface area contributed by atoms with Gasteiger partial charge < -0.3 is 14.8 Å². The van der Waals surface area contributed by atoms with Gasteiger partial charge in [0, 0.05) is 13.0 Å². The molecule has 4 nitrogen and oxygen atoms in total. The van der Waals surface area contributed by atoms with Gasteiger partial charge in [-0.3, -0.25) is 0 Å². The Morgan fingerprint density at radius 2 is 1.54 bits per heavy atom. The maximum atomic E-state index is 12.6. The average Bonchev–Trinajstić information content (AvgIpc) is 2.60. The number of hydrogen-bond acceptors (Lipinski definition) is 3. The van der Waals surface area contributed by atoms with E-state index in [1.807, 2.05) is 5.32 Å². The highest BCUT2D eigenvalue weighted by atomic mass is 19.4. The summed E-state index contributed by atoms with van der Waals surface area (Å²) < 4.78 is 82.7. The summed E-state index contributed by atoms with van der Waals surface area (Å²) in [5, 5.41) is 1.94. The summed E-state index contributed by atoms with van der Waals surface area (Å²) in [5.41, 5.74) is -0.207. The van der Waals surface area contributed by atoms with Crippen LogP contribution in [0.4, 0.5) is 31.1 Å². The second-order valence-corrected chi connectivity index (χ2v) is 5.59. The summed E-state index contributed by atoms with van der Waals surface area (Å²) in [4.78, 5) is 11.1. The molecule has 1 amide bonds. The Morgan fingerprint density at radius 3 is 2.07 bits per heavy atom. The van der Waals surface area contributed by atoms with Crippen LogP contribution in [0, 0.1) is 0 Å². The number of carbonyl (C=O) groups is 1. The minimum atomic E-state index is -5.10. The van der Waals surface area contributed by atoms with Crippen LogP contribution in [0.2, 0.25) is 0 Å². The van der Waals surface area contributed by atoms with E-state index in [1.165, 1.54) is 0 Å². The molecule has 0 aliphatic rings. The predicted octanol–water partition coefficient (Wildman–Crippen LogP) is 5.46. The number of alkyl carbamates (subject to hydrolysis) is 1. The molecule has 1 unspecified atom stereocenters. The van der Waals surface area contributed by atoms with E-state index in [9.17, 15) is 31.1 Å². The van der Waals surface area contributed by atoms with Crippen LogP contribution in [0.3, 0.4) is 0 Å². The summed E-state index contributed by atoms with van der Waals surface area (Å²) >= 11 is 0. The standard InChI is InChI=1S/C18H15F6NO3/c19-17(20,21)13-6-8-14(9-7-13)27-15(12-4-2-1-3-5-12)10-11-25-16(26)28-18(22,23)24/h1-9,15H,10-11H2,(H,25,26). The first-order valence-electron chi connectivity index (χ1n) is 7.97. The molecule has 28 heavy (non-hydrogen) atoms. The second kappa shape index (κ2) is 8.85. The third kappa shape index (κ3) is 7.01. The van der Waals surface area contributed by atoms with Crippen LogP contribution in [0.15, 0.2) is 54.6 Å². The van der Waals surface area contributed by atoms with Crippen molar-refractivity contribution >= 4 is 6.09 Å². The number of benzene rings is 2. The highest BCUT2D eigenvalue weighted by Gasteiger charge is 2.34. The Bertz CT molecular complexity index is 760. The molecule has 10 heteroatoms. The van der Waals surface area contributed by atoms with Gasteiger partial charge in [-0.15, -0.1) is 13.2 Å². The molecule has 0 bridgehead atoms. The number of halogens is 6. The zero-order valence-corrected chi connectivity index (χ0v) is 14.2. The number of carbonyl (C=O) groups excluding carboxylic acids is 1. The number of amides is 1. The summed E-state index contributed by atoms with van der Waals surface area (Å²) in [6.07, 6.45) is -11.9. The monoisotopic (exact) mass is 407 g/mol. The van der Waals surface area contributed by atoms with Gasteiger partial charge in [0.1, 0.15) is 11.9 Å². The molecule has 1 N–H and O–H groups in total. The van der Waals surface area contributed by atoms with Crippen molar-refractivity contribution < 1.29 is 40.6 Å². The lowest BCUT2D eigenvalue weighted by molar-refractivity contribution is -0.291. The van der Waals surface area contributed by atoms with Crippen LogP contribution in [0.5, 0.6) is 5.75 Å². The first kappa shape index (κ1) is 21.4. The van der Waals surface area contributed by atoms with Gasteiger partial charge in [0.25, 0.3) is 0 Å². The number of hydrogen-bond donors (Lipinski definition) is 1. The zero-order chi connectivity index (χ0) is 20.8. The highest BCUT2D eigenvalue weighted by molar-refractivity contribution is 5.67. The van der Waals surface area contributed by atoms with E-state index in [0.717, 1.165) is 24.3 Å². The Labute approximate surface area is 156 Å². The van der Waals surface area contributed by atoms with Crippen molar-refractivity contribution in [1.82, 2.24) is 5.32 Å². The number of ether oxygens (including phenoxy) is 2. The van der Waals surface area contributed by atoms with Gasteiger partial charge in [0.2, 0.25) is 0 Å². The first-order valence-corrected chi connectivity index (χ1v) is 7.97. The molecular weight excluding hydrogens is 392 g/mol. The Balaban J connectivity index is 2.03. The summed E-state index contributed by atoms with van der Waals surface area (Å²) in [5.74, 6) is 0.139. The topological polar surface area (TPSA) is 47.6 Å². The summed E-state index contributed by atoms with van der Waals surface area (Å²) in [6.45, 7) is -0.213. The molecule has 0 saturated heterocycles. The van der Waals surface area contributed by atoms with Crippen LogP contribution < -0.4 is 10.1 Å². The maximum Gasteiger partial charge on any atom is 0.576 e. The molecule has 0 aliphatic heterocycles. The number of alkyl halides is 6. The Morgan fingerprint density at radius 1 is 0.929 bits per heavy atom. The lowest BCUT2D eigenvalue weighted by atomic mass is 10.1. The largest absolute Gasteiger partial charge is 0.576 e. The van der Waals surface area contributed by atoms with E-state index < -0.39 is 30.3 Å². The highest BCUT2D eigenvalue weighted by Crippen LogP contribution is 2.31. The van der Waals surface area contributed by atoms with E-state index in [4.69, 9.17) is 4.74 Å². The van der Waals surface area contributed by atoms with Crippen molar-refractivity contribution in [2.75, 3.05) is 6.54 Å². The van der Waals surface area contributed by atoms with Gasteiger partial charge in [-0.2, -0.15) is 13.2 Å². The molecule has 1 atom stereocenters. The first-order chi connectivity index (χ1) is 13.0. The van der Waals surface area contributed by atoms with E-state index in [0.29, 0.717) is 5.56 Å². The van der Waals surface area contributed by atoms with Gasteiger partial charge >= 0.3 is 18.6 Å². The van der Waals surface area contributed by atoms with Crippen LogP contribution in [-0.4, -0.2) is 19.0 Å². The SMILES string of the molecule is O=C(NCCC(Oc1ccc(C(F)(F)F)cc1)c1ccccc1)OC(F)(F)F. The molecule has 0 fully saturated rings. The average molecular weight is 407 g/mol. The fourth-order valence-electron chi connectivity index (χ4n) is 2.29. The van der Waals surface area contributed by atoms with Crippen molar-refractivity contribution in [2.45, 2.75) is 25.1 Å². The second-order valence-electron chi connectivity index (χ2n) is 5.59. The van der Waals surface area contributed by atoms with Gasteiger partial charge in [0.15, 0.2) is 0 Å². The molecular formula is C18H15F6NO3. The van der Waals surface area contributed by atoms with Gasteiger partial charge in [-0.25, -0.2) is 4.79 Å². The molecule has 0 saturated carbocycles. The van der Waals surface area contributed by atoms with Crippen molar-refractivity contribution in [2.24, 2.45) is 0 Å². The van der Waals surface area contributed by atoms with Crippen molar-refractivity contribution in [3.63, 3.8) is 0 Å². The van der Waals surface area contributed by atoms with Gasteiger partial charge in [-0.05, 0) is 29.8 Å². The van der Waals surface area contributed by atoms with E-state index in [2.05, 4.69) is 4.74 Å². The fraction of sp³-hybridized carbons (Fsp3) is 0.278. The third-order valence-corrected chi connectivity index (χ3v) is 3.52. The predicted molar refractivity (Wildman–Crippen MR) is 86.4 cm³/mol. The van der Waals surface area contributed by atoms with E-state index >= 15 is 0 Å². The molecule has 0 radical (unpaired) electrons. The molecule has 0 heterocycles. The van der Waals surface area contributed by atoms with Crippen LogP contribution in [-0.2, 0) is 10.9 Å². The van der Waals surface area contributed by atoms with E-state index in [1.54, 1.807) is 30.3 Å². The maximum absolute atomic E-state index is 12.6. The normalized spacial score (nSPS) is 12.9. The molecule has 152 valence electrons. The summed E-state index contributed by atoms with van der Waals surface area (Å²) in [6, 6.07) is 12.5. The lowest BCUT2D eigenvalue weighted by Gasteiger charge is -2.20. The fourth-order valence-corrected chi connectivity index (χ4v) is 2.29. The molecule has 0 aromatic heterocycles. The Hall–Kier alpha value is -2.91. The number of rotatable bonds is 6. The Kier molecular flexibility index (Phi) is 6.76. The molecule has 2 aromatic rings. The molecule has 2 aromatic carbocycles. The van der Waals surface area contributed by atoms with E-state index in [-0.39, 0.29) is 18.7 Å². The zero-order valence-electron chi connectivity index (χ0n) is 14.2. The van der Waals surface area contributed by atoms with Gasteiger partial charge in [0.05, 0.1) is 5.56 Å². The minimum absolute atomic E-state index is 0.0536. The smallest absolute Gasteiger partial charge is 0.486 e. The quantitative estimate of drug-likeness (QED) is 0.647. The van der Waals surface area contributed by atoms with Crippen LogP contribution >= 0.6 is 0 Å². The summed E-state index contributed by atoms with van der Waals surface area (Å²) in [7, 11) is 0. The van der Waals surface area contributed by atoms with Crippen LogP contribution in [0.1, 0.15) is 23.7 Å².